The van der Waals surface area contributed by atoms with E-state index in [9.17, 15) is 19.2 Å². The molecule has 68 heavy (non-hydrogen) atoms. The van der Waals surface area contributed by atoms with Crippen molar-refractivity contribution in [3.05, 3.63) is 144 Å². The number of carbonyl (C=O) groups excluding carboxylic acids is 4. The minimum absolute atomic E-state index is 0.00391. The van der Waals surface area contributed by atoms with Gasteiger partial charge in [0.1, 0.15) is 37.6 Å². The SMILES string of the molecule is CC(C)(C)OC(=O)N[C@@H](COc1cn(Cc2c3ccccc3c(Cn3cc(OC[C@H](NC(=O)OC(C)(C)C)C(=O)OCc4ccccc4)nn3)c3ccccc23)nn1)C(=O)OCc1ccccc1. The van der Waals surface area contributed by atoms with Gasteiger partial charge in [0.2, 0.25) is 0 Å². The Morgan fingerprint density at radius 2 is 0.853 bits per heavy atom. The molecule has 0 fully saturated rings. The van der Waals surface area contributed by atoms with Crippen LogP contribution in [-0.2, 0) is 54.8 Å². The molecule has 2 aromatic heterocycles. The van der Waals surface area contributed by atoms with Crippen LogP contribution in [0.4, 0.5) is 9.59 Å². The van der Waals surface area contributed by atoms with Crippen molar-refractivity contribution in [3.8, 4) is 11.8 Å². The molecular weight excluding hydrogens is 873 g/mol. The van der Waals surface area contributed by atoms with Gasteiger partial charge in [-0.1, -0.05) is 130 Å². The van der Waals surface area contributed by atoms with Gasteiger partial charge in [0.05, 0.1) is 25.5 Å². The van der Waals surface area contributed by atoms with Gasteiger partial charge in [-0.15, -0.1) is 0 Å². The van der Waals surface area contributed by atoms with Crippen molar-refractivity contribution in [2.24, 2.45) is 0 Å². The molecular formula is C50H54N8O10. The summed E-state index contributed by atoms with van der Waals surface area (Å²) in [6, 6.07) is 31.9. The van der Waals surface area contributed by atoms with Gasteiger partial charge in [-0.2, -0.15) is 0 Å². The third kappa shape index (κ3) is 13.5. The van der Waals surface area contributed by atoms with E-state index in [1.165, 1.54) is 0 Å². The van der Waals surface area contributed by atoms with Crippen LogP contribution in [0, 0.1) is 0 Å². The number of nitrogens with one attached hydrogen (secondary N) is 2. The second-order valence-corrected chi connectivity index (χ2v) is 17.8. The Hall–Kier alpha value is -8.02. The average molecular weight is 927 g/mol. The number of amides is 2. The number of esters is 2. The van der Waals surface area contributed by atoms with Crippen molar-refractivity contribution in [3.63, 3.8) is 0 Å². The topological polar surface area (TPSA) is 209 Å². The van der Waals surface area contributed by atoms with E-state index in [2.05, 4.69) is 31.3 Å². The van der Waals surface area contributed by atoms with Gasteiger partial charge in [-0.3, -0.25) is 0 Å². The van der Waals surface area contributed by atoms with Crippen LogP contribution in [0.3, 0.4) is 0 Å². The van der Waals surface area contributed by atoms with Gasteiger partial charge < -0.3 is 39.1 Å². The monoisotopic (exact) mass is 926 g/mol. The number of benzene rings is 5. The fraction of sp³-hybridized carbons (Fsp3) is 0.320. The van der Waals surface area contributed by atoms with Crippen molar-refractivity contribution in [1.29, 1.82) is 0 Å². The van der Waals surface area contributed by atoms with E-state index < -0.39 is 47.4 Å². The number of ether oxygens (including phenoxy) is 6. The Labute approximate surface area is 392 Å². The Bertz CT molecular complexity index is 2590. The molecule has 2 heterocycles. The molecule has 7 aromatic rings. The minimum atomic E-state index is -1.21. The Morgan fingerprint density at radius 1 is 0.515 bits per heavy atom. The lowest BCUT2D eigenvalue weighted by Crippen LogP contribution is -2.47. The number of hydrogen-bond acceptors (Lipinski definition) is 14. The molecule has 0 saturated heterocycles. The van der Waals surface area contributed by atoms with Crippen molar-refractivity contribution < 1.29 is 47.6 Å². The van der Waals surface area contributed by atoms with Crippen LogP contribution in [0.25, 0.3) is 21.5 Å². The molecule has 18 nitrogen and oxygen atoms in total. The van der Waals surface area contributed by atoms with Crippen molar-refractivity contribution >= 4 is 45.7 Å². The lowest BCUT2D eigenvalue weighted by molar-refractivity contribution is -0.149. The highest BCUT2D eigenvalue weighted by Crippen LogP contribution is 2.34. The predicted octanol–water partition coefficient (Wildman–Crippen LogP) is 7.30. The minimum Gasteiger partial charge on any atom is -0.473 e. The number of nitrogens with zero attached hydrogens (tertiary/aromatic N) is 6. The second kappa shape index (κ2) is 21.5. The molecule has 0 radical (unpaired) electrons. The first kappa shape index (κ1) is 47.9. The molecule has 0 saturated carbocycles. The molecule has 0 unspecified atom stereocenters. The standard InChI is InChI=1S/C50H54N8O10/c1-49(2,3)67-47(61)51-41(45(59)65-29-33-17-9-7-10-18-33)31-63-43-27-57(55-53-43)25-39-35-21-13-15-23-37(35)40(38-24-16-14-22-36(38)39)26-58-28-44(54-56-58)64-32-42(52-48(62)68-50(4,5)6)46(60)66-30-34-19-11-8-12-20-34/h7-24,27-28,41-42H,25-26,29-32H2,1-6H3,(H,51,61)(H,52,62)/t41-,42-/m0/s1. The summed E-state index contributed by atoms with van der Waals surface area (Å²) in [5.41, 5.74) is 1.90. The summed E-state index contributed by atoms with van der Waals surface area (Å²) < 4.78 is 36.9. The van der Waals surface area contributed by atoms with Crippen molar-refractivity contribution in [2.45, 2.75) is 91.1 Å². The molecule has 0 bridgehead atoms. The van der Waals surface area contributed by atoms with E-state index in [0.29, 0.717) is 13.1 Å². The van der Waals surface area contributed by atoms with Crippen LogP contribution < -0.4 is 20.1 Å². The van der Waals surface area contributed by atoms with Crippen LogP contribution >= 0.6 is 0 Å². The molecule has 7 rings (SSSR count). The maximum Gasteiger partial charge on any atom is 0.408 e. The fourth-order valence-corrected chi connectivity index (χ4v) is 7.05. The van der Waals surface area contributed by atoms with Crippen LogP contribution in [0.1, 0.15) is 63.8 Å². The molecule has 0 spiro atoms. The van der Waals surface area contributed by atoms with E-state index in [4.69, 9.17) is 28.4 Å². The van der Waals surface area contributed by atoms with Gasteiger partial charge in [0.15, 0.2) is 12.1 Å². The fourth-order valence-electron chi connectivity index (χ4n) is 7.05. The van der Waals surface area contributed by atoms with E-state index in [1.807, 2.05) is 109 Å². The third-order valence-corrected chi connectivity index (χ3v) is 10.0. The maximum absolute atomic E-state index is 13.2. The molecule has 2 N–H and O–H groups in total. The van der Waals surface area contributed by atoms with Gasteiger partial charge in [0.25, 0.3) is 11.8 Å². The quantitative estimate of drug-likeness (QED) is 0.0492. The smallest absolute Gasteiger partial charge is 0.408 e. The number of fused-ring (bicyclic) bond motifs is 2. The summed E-state index contributed by atoms with van der Waals surface area (Å²) in [4.78, 5) is 51.9. The summed E-state index contributed by atoms with van der Waals surface area (Å²) in [7, 11) is 0. The molecule has 18 heteroatoms. The summed E-state index contributed by atoms with van der Waals surface area (Å²) >= 11 is 0. The van der Waals surface area contributed by atoms with Crippen LogP contribution in [0.2, 0.25) is 0 Å². The highest BCUT2D eigenvalue weighted by atomic mass is 16.6. The summed E-state index contributed by atoms with van der Waals surface area (Å²) in [6.45, 7) is 10.3. The summed E-state index contributed by atoms with van der Waals surface area (Å²) in [5.74, 6) is -1.17. The highest BCUT2D eigenvalue weighted by molar-refractivity contribution is 6.05. The summed E-state index contributed by atoms with van der Waals surface area (Å²) in [5, 5.41) is 26.1. The van der Waals surface area contributed by atoms with Crippen LogP contribution in [0.15, 0.2) is 122 Å². The number of alkyl carbamates (subject to hydrolysis) is 2. The maximum atomic E-state index is 13.2. The zero-order valence-corrected chi connectivity index (χ0v) is 38.7. The molecule has 2 amide bonds. The van der Waals surface area contributed by atoms with E-state index in [-0.39, 0.29) is 38.2 Å². The number of rotatable bonds is 18. The largest absolute Gasteiger partial charge is 0.473 e. The predicted molar refractivity (Wildman–Crippen MR) is 249 cm³/mol. The Balaban J connectivity index is 1.05. The van der Waals surface area contributed by atoms with Gasteiger partial charge in [-0.05, 0) is 85.3 Å². The van der Waals surface area contributed by atoms with Gasteiger partial charge >= 0.3 is 24.1 Å². The molecule has 354 valence electrons. The first-order valence-electron chi connectivity index (χ1n) is 21.9. The molecule has 5 aromatic carbocycles. The zero-order valence-electron chi connectivity index (χ0n) is 38.7. The van der Waals surface area contributed by atoms with Crippen LogP contribution in [-0.4, -0.2) is 90.6 Å². The lowest BCUT2D eigenvalue weighted by Gasteiger charge is -2.22. The van der Waals surface area contributed by atoms with Crippen molar-refractivity contribution in [1.82, 2.24) is 40.6 Å². The van der Waals surface area contributed by atoms with Crippen LogP contribution in [0.5, 0.6) is 11.8 Å². The highest BCUT2D eigenvalue weighted by Gasteiger charge is 2.29. The Morgan fingerprint density at radius 3 is 1.19 bits per heavy atom. The molecule has 0 aliphatic carbocycles. The average Bonchev–Trinajstić information content (AvgIpc) is 3.97. The normalized spacial score (nSPS) is 12.4. The molecule has 0 aliphatic heterocycles. The third-order valence-electron chi connectivity index (χ3n) is 10.0. The first-order valence-corrected chi connectivity index (χ1v) is 21.9. The number of hydrogen-bond donors (Lipinski definition) is 2. The van der Waals surface area contributed by atoms with E-state index in [1.54, 1.807) is 63.3 Å². The molecule has 0 aliphatic rings. The van der Waals surface area contributed by atoms with E-state index >= 15 is 0 Å². The van der Waals surface area contributed by atoms with E-state index in [0.717, 1.165) is 43.8 Å². The molecule has 2 atom stereocenters. The first-order chi connectivity index (χ1) is 32.6. The number of carbonyl (C=O) groups is 4. The van der Waals surface area contributed by atoms with Gasteiger partial charge in [0, 0.05) is 0 Å². The Kier molecular flexibility index (Phi) is 15.2. The van der Waals surface area contributed by atoms with Crippen molar-refractivity contribution in [2.75, 3.05) is 13.2 Å². The van der Waals surface area contributed by atoms with Gasteiger partial charge in [-0.25, -0.2) is 28.5 Å². The zero-order chi connectivity index (χ0) is 48.3. The number of aromatic nitrogens is 6. The lowest BCUT2D eigenvalue weighted by atomic mass is 9.91. The second-order valence-electron chi connectivity index (χ2n) is 17.8. The summed E-state index contributed by atoms with van der Waals surface area (Å²) in [6.07, 6.45) is 1.63.